The zero-order valence-electron chi connectivity index (χ0n) is 5.94. The fraction of sp³-hybridized carbons (Fsp3) is 1.00. The Bertz CT molecular complexity index is 50.5. The van der Waals surface area contributed by atoms with Crippen molar-refractivity contribution in [2.45, 2.75) is 24.6 Å². The van der Waals surface area contributed by atoms with Crippen molar-refractivity contribution >= 4 is 0 Å². The van der Waals surface area contributed by atoms with E-state index >= 15 is 0 Å². The molecule has 1 unspecified atom stereocenters. The van der Waals surface area contributed by atoms with Crippen LogP contribution in [0.2, 0.25) is 0 Å². The molecule has 0 heterocycles. The van der Waals surface area contributed by atoms with Crippen molar-refractivity contribution in [1.29, 1.82) is 0 Å². The third-order valence-corrected chi connectivity index (χ3v) is 2.67. The Kier molecular flexibility index (Phi) is 5.17. The van der Waals surface area contributed by atoms with Gasteiger partial charge in [-0.1, -0.05) is 0 Å². The second-order valence-electron chi connectivity index (χ2n) is 1.90. The molecule has 0 saturated heterocycles. The third-order valence-electron chi connectivity index (χ3n) is 1.36. The van der Waals surface area contributed by atoms with Gasteiger partial charge in [0.25, 0.3) is 0 Å². The van der Waals surface area contributed by atoms with Crippen molar-refractivity contribution in [1.82, 2.24) is 4.90 Å². The minimum atomic E-state index is 0.852. The number of hydrogen-bond donors (Lipinski definition) is 0. The van der Waals surface area contributed by atoms with E-state index in [1.165, 1.54) is 37.5 Å². The van der Waals surface area contributed by atoms with Crippen LogP contribution in [0.3, 0.4) is 0 Å². The number of nitrogens with zero attached hydrogens (tertiary/aromatic N) is 1. The first-order chi connectivity index (χ1) is 3.72. The molecular formula is C6H14HfN. The third kappa shape index (κ3) is 2.98. The first-order valence-electron chi connectivity index (χ1n) is 3.17. The summed E-state index contributed by atoms with van der Waals surface area (Å²) in [4.78, 5) is 2.48. The summed E-state index contributed by atoms with van der Waals surface area (Å²) in [5.41, 5.74) is 0. The summed E-state index contributed by atoms with van der Waals surface area (Å²) < 4.78 is 0.852. The van der Waals surface area contributed by atoms with Crippen LogP contribution in [-0.2, 0) is 24.4 Å². The van der Waals surface area contributed by atoms with E-state index in [4.69, 9.17) is 0 Å². The van der Waals surface area contributed by atoms with Crippen LogP contribution in [0.15, 0.2) is 0 Å². The van der Waals surface area contributed by atoms with Crippen LogP contribution >= 0.6 is 0 Å². The molecular weight excluding hydrogens is 265 g/mol. The van der Waals surface area contributed by atoms with Crippen LogP contribution in [0.25, 0.3) is 0 Å². The summed E-state index contributed by atoms with van der Waals surface area (Å²) in [7, 11) is 0. The van der Waals surface area contributed by atoms with Gasteiger partial charge in [-0.3, -0.25) is 0 Å². The topological polar surface area (TPSA) is 3.24 Å². The van der Waals surface area contributed by atoms with E-state index in [0.29, 0.717) is 0 Å². The van der Waals surface area contributed by atoms with Gasteiger partial charge in [-0.25, -0.2) is 0 Å². The molecule has 0 N–H and O–H groups in total. The second kappa shape index (κ2) is 4.68. The van der Waals surface area contributed by atoms with Gasteiger partial charge in [-0.15, -0.1) is 0 Å². The van der Waals surface area contributed by atoms with Crippen molar-refractivity contribution in [3.8, 4) is 0 Å². The second-order valence-corrected chi connectivity index (χ2v) is 4.90. The molecule has 0 spiro atoms. The van der Waals surface area contributed by atoms with Crippen molar-refractivity contribution in [2.75, 3.05) is 13.1 Å². The Labute approximate surface area is 67.0 Å². The van der Waals surface area contributed by atoms with Crippen LogP contribution < -0.4 is 0 Å². The molecule has 0 aromatic heterocycles. The molecule has 0 aliphatic rings. The van der Waals surface area contributed by atoms with Crippen LogP contribution in [0.5, 0.6) is 0 Å². The van der Waals surface area contributed by atoms with Crippen LogP contribution in [-0.4, -0.2) is 21.8 Å². The van der Waals surface area contributed by atoms with Crippen LogP contribution in [0.4, 0.5) is 0 Å². The average molecular weight is 279 g/mol. The van der Waals surface area contributed by atoms with Gasteiger partial charge >= 0.3 is 66.9 Å². The molecule has 0 aliphatic heterocycles. The normalized spacial score (nSPS) is 14.4. The van der Waals surface area contributed by atoms with Crippen LogP contribution in [0, 0.1) is 0 Å². The van der Waals surface area contributed by atoms with E-state index in [9.17, 15) is 0 Å². The average Bonchev–Trinajstić information content (AvgIpc) is 1.69. The molecule has 47 valence electrons. The Balaban J connectivity index is 3.35. The molecule has 0 aromatic carbocycles. The Morgan fingerprint density at radius 1 is 1.38 bits per heavy atom. The van der Waals surface area contributed by atoms with Gasteiger partial charge in [-0.05, 0) is 0 Å². The number of hydrogen-bond acceptors (Lipinski definition) is 1. The quantitative estimate of drug-likeness (QED) is 0.702. The van der Waals surface area contributed by atoms with Gasteiger partial charge < -0.3 is 0 Å². The predicted molar refractivity (Wildman–Crippen MR) is 32.4 cm³/mol. The Morgan fingerprint density at radius 3 is 1.75 bits per heavy atom. The van der Waals surface area contributed by atoms with Crippen molar-refractivity contribution < 1.29 is 24.4 Å². The zero-order chi connectivity index (χ0) is 6.57. The minimum absolute atomic E-state index is 0.852. The summed E-state index contributed by atoms with van der Waals surface area (Å²) in [5, 5.41) is 0. The maximum absolute atomic E-state index is 2.48. The van der Waals surface area contributed by atoms with Gasteiger partial charge in [0.15, 0.2) is 0 Å². The molecule has 0 amide bonds. The fourth-order valence-corrected chi connectivity index (χ4v) is 2.08. The summed E-state index contributed by atoms with van der Waals surface area (Å²) >= 11 is 1.30. The van der Waals surface area contributed by atoms with E-state index in [2.05, 4.69) is 25.7 Å². The fourth-order valence-electron chi connectivity index (χ4n) is 0.771. The molecule has 0 radical (unpaired) electrons. The van der Waals surface area contributed by atoms with Crippen molar-refractivity contribution in [3.63, 3.8) is 0 Å². The molecule has 0 aliphatic carbocycles. The molecule has 0 bridgehead atoms. The summed E-state index contributed by atoms with van der Waals surface area (Å²) in [6.07, 6.45) is 0. The SMILES string of the molecule is CCN(CC)[CH](C)[Hf]. The summed E-state index contributed by atoms with van der Waals surface area (Å²) in [6.45, 7) is 9.15. The molecule has 0 saturated carbocycles. The van der Waals surface area contributed by atoms with Gasteiger partial charge in [0.05, 0.1) is 0 Å². The Hall–Kier alpha value is 0.830. The van der Waals surface area contributed by atoms with E-state index < -0.39 is 0 Å². The first kappa shape index (κ1) is 8.83. The van der Waals surface area contributed by atoms with Crippen molar-refractivity contribution in [3.05, 3.63) is 0 Å². The zero-order valence-corrected chi connectivity index (χ0v) is 9.53. The molecule has 0 rings (SSSR count). The van der Waals surface area contributed by atoms with Gasteiger partial charge in [0, 0.05) is 0 Å². The molecule has 8 heavy (non-hydrogen) atoms. The van der Waals surface area contributed by atoms with E-state index in [1.54, 1.807) is 0 Å². The Morgan fingerprint density at radius 2 is 1.75 bits per heavy atom. The van der Waals surface area contributed by atoms with Gasteiger partial charge in [0.1, 0.15) is 0 Å². The molecule has 0 fully saturated rings. The molecule has 1 atom stereocenters. The molecule has 2 heteroatoms. The van der Waals surface area contributed by atoms with E-state index in [1.807, 2.05) is 0 Å². The van der Waals surface area contributed by atoms with E-state index in [0.717, 1.165) is 3.80 Å². The monoisotopic (exact) mass is 280 g/mol. The van der Waals surface area contributed by atoms with Crippen molar-refractivity contribution in [2.24, 2.45) is 0 Å². The predicted octanol–water partition coefficient (Wildman–Crippen LogP) is 1.22. The van der Waals surface area contributed by atoms with Gasteiger partial charge in [-0.2, -0.15) is 0 Å². The van der Waals surface area contributed by atoms with Gasteiger partial charge in [0.2, 0.25) is 0 Å². The number of rotatable bonds is 3. The van der Waals surface area contributed by atoms with Crippen LogP contribution in [0.1, 0.15) is 20.8 Å². The van der Waals surface area contributed by atoms with E-state index in [-0.39, 0.29) is 0 Å². The molecule has 0 aromatic rings. The first-order valence-corrected chi connectivity index (χ1v) is 5.25. The molecule has 1 nitrogen and oxygen atoms in total. The standard InChI is InChI=1S/C6H14N.Hf/c1-4-7(5-2)6-3;/h4H,5-6H2,1-3H3;. The summed E-state index contributed by atoms with van der Waals surface area (Å²) in [5.74, 6) is 0. The maximum atomic E-state index is 2.48. The summed E-state index contributed by atoms with van der Waals surface area (Å²) in [6, 6.07) is 0.